The Morgan fingerprint density at radius 1 is 1.22 bits per heavy atom. The van der Waals surface area contributed by atoms with Crippen molar-refractivity contribution in [2.24, 2.45) is 0 Å². The van der Waals surface area contributed by atoms with Gasteiger partial charge in [0.2, 0.25) is 10.0 Å². The highest BCUT2D eigenvalue weighted by Gasteiger charge is 2.39. The molecule has 0 unspecified atom stereocenters. The van der Waals surface area contributed by atoms with E-state index in [0.29, 0.717) is 35.1 Å². The van der Waals surface area contributed by atoms with Gasteiger partial charge in [0.1, 0.15) is 5.82 Å². The fourth-order valence-electron chi connectivity index (χ4n) is 5.04. The third kappa shape index (κ3) is 5.35. The van der Waals surface area contributed by atoms with Gasteiger partial charge in [-0.05, 0) is 44.4 Å². The lowest BCUT2D eigenvalue weighted by Crippen LogP contribution is -2.39. The average Bonchev–Trinajstić information content (AvgIpc) is 3.40. The molecule has 3 aromatic rings. The first-order valence-electron chi connectivity index (χ1n) is 12.0. The van der Waals surface area contributed by atoms with Gasteiger partial charge < -0.3 is 9.80 Å². The van der Waals surface area contributed by atoms with Crippen molar-refractivity contribution < 1.29 is 22.0 Å². The standard InChI is InChI=1S/C24H27ClF2N6O3S/c1-15-13-33-21(28-22(15)31-10-8-24(26,27)14-31)12-19(29-33)20-5-3-4-9-32(20)23(34)17-11-16(25)6-7-18(17)30-37(2,35)36/h6-7,11-13,20,30H,3-5,8-10,14H2,1-2H3/t20-/m0/s1. The molecule has 0 radical (unpaired) electrons. The van der Waals surface area contributed by atoms with Crippen LogP contribution in [0.15, 0.2) is 30.5 Å². The predicted octanol–water partition coefficient (Wildman–Crippen LogP) is 4.28. The van der Waals surface area contributed by atoms with Crippen LogP contribution < -0.4 is 9.62 Å². The number of alkyl halides is 2. The number of nitrogens with one attached hydrogen (secondary N) is 1. The number of carbonyl (C=O) groups excluding carboxylic acids is 1. The van der Waals surface area contributed by atoms with Gasteiger partial charge in [-0.15, -0.1) is 0 Å². The molecular weight excluding hydrogens is 526 g/mol. The van der Waals surface area contributed by atoms with Gasteiger partial charge in [0.05, 0.1) is 35.8 Å². The number of hydrogen-bond acceptors (Lipinski definition) is 6. The molecule has 1 aromatic carbocycles. The summed E-state index contributed by atoms with van der Waals surface area (Å²) in [5, 5.41) is 4.98. The van der Waals surface area contributed by atoms with Crippen molar-refractivity contribution in [2.75, 3.05) is 35.5 Å². The average molecular weight is 553 g/mol. The van der Waals surface area contributed by atoms with E-state index in [0.717, 1.165) is 24.7 Å². The van der Waals surface area contributed by atoms with E-state index >= 15 is 0 Å². The number of benzene rings is 1. The molecular formula is C24H27ClF2N6O3S. The molecule has 0 saturated carbocycles. The minimum absolute atomic E-state index is 0.153. The fourth-order valence-corrected chi connectivity index (χ4v) is 5.79. The Balaban J connectivity index is 1.48. The lowest BCUT2D eigenvalue weighted by Gasteiger charge is -2.35. The molecule has 2 fully saturated rings. The number of nitrogens with zero attached hydrogens (tertiary/aromatic N) is 5. The number of likely N-dealkylation sites (tertiary alicyclic amines) is 1. The molecule has 1 N–H and O–H groups in total. The highest BCUT2D eigenvalue weighted by atomic mass is 35.5. The summed E-state index contributed by atoms with van der Waals surface area (Å²) < 4.78 is 55.4. The van der Waals surface area contributed by atoms with Crippen LogP contribution in [0.3, 0.4) is 0 Å². The number of hydrogen-bond donors (Lipinski definition) is 1. The van der Waals surface area contributed by atoms with Crippen LogP contribution in [0, 0.1) is 6.92 Å². The van der Waals surface area contributed by atoms with Crippen LogP contribution in [0.25, 0.3) is 5.65 Å². The fraction of sp³-hybridized carbons (Fsp3) is 0.458. The van der Waals surface area contributed by atoms with Crippen LogP contribution in [0.5, 0.6) is 0 Å². The Labute approximate surface area is 218 Å². The van der Waals surface area contributed by atoms with Gasteiger partial charge in [-0.25, -0.2) is 26.7 Å². The molecule has 2 aliphatic heterocycles. The normalized spacial score (nSPS) is 20.0. The zero-order chi connectivity index (χ0) is 26.5. The quantitative estimate of drug-likeness (QED) is 0.507. The summed E-state index contributed by atoms with van der Waals surface area (Å²) >= 11 is 6.16. The number of aromatic nitrogens is 3. The molecule has 9 nitrogen and oxygen atoms in total. The zero-order valence-corrected chi connectivity index (χ0v) is 22.0. The Hall–Kier alpha value is -2.99. The molecule has 2 aliphatic rings. The van der Waals surface area contributed by atoms with E-state index in [1.807, 2.05) is 6.92 Å². The summed E-state index contributed by atoms with van der Waals surface area (Å²) in [7, 11) is -3.62. The van der Waals surface area contributed by atoms with Crippen molar-refractivity contribution in [3.05, 3.63) is 52.3 Å². The highest BCUT2D eigenvalue weighted by Crippen LogP contribution is 2.35. The van der Waals surface area contributed by atoms with Gasteiger partial charge in [0.15, 0.2) is 5.65 Å². The minimum atomic E-state index is -3.62. The van der Waals surface area contributed by atoms with Crippen LogP contribution in [0.2, 0.25) is 5.02 Å². The molecule has 0 spiro atoms. The van der Waals surface area contributed by atoms with Gasteiger partial charge in [-0.2, -0.15) is 5.10 Å². The summed E-state index contributed by atoms with van der Waals surface area (Å²) in [5.74, 6) is -2.59. The minimum Gasteiger partial charge on any atom is -0.350 e. The zero-order valence-electron chi connectivity index (χ0n) is 20.4. The van der Waals surface area contributed by atoms with Crippen molar-refractivity contribution in [1.82, 2.24) is 19.5 Å². The van der Waals surface area contributed by atoms with E-state index < -0.39 is 15.9 Å². The van der Waals surface area contributed by atoms with Crippen LogP contribution in [0.1, 0.15) is 53.3 Å². The molecule has 1 atom stereocenters. The Kier molecular flexibility index (Phi) is 6.51. The first-order valence-corrected chi connectivity index (χ1v) is 14.3. The molecule has 2 aromatic heterocycles. The number of fused-ring (bicyclic) bond motifs is 1. The smallest absolute Gasteiger partial charge is 0.266 e. The van der Waals surface area contributed by atoms with Gasteiger partial charge in [-0.1, -0.05) is 11.6 Å². The molecule has 5 rings (SSSR count). The van der Waals surface area contributed by atoms with Gasteiger partial charge in [-0.3, -0.25) is 9.52 Å². The molecule has 198 valence electrons. The number of carbonyl (C=O) groups is 1. The van der Waals surface area contributed by atoms with E-state index in [-0.39, 0.29) is 42.7 Å². The largest absolute Gasteiger partial charge is 0.350 e. The Bertz CT molecular complexity index is 1480. The summed E-state index contributed by atoms with van der Waals surface area (Å²) in [6, 6.07) is 5.85. The van der Waals surface area contributed by atoms with Gasteiger partial charge >= 0.3 is 0 Å². The number of amides is 1. The maximum Gasteiger partial charge on any atom is 0.266 e. The monoisotopic (exact) mass is 552 g/mol. The third-order valence-corrected chi connectivity index (χ3v) is 7.53. The van der Waals surface area contributed by atoms with Gasteiger partial charge in [0.25, 0.3) is 11.8 Å². The molecule has 0 bridgehead atoms. The number of sulfonamides is 1. The second-order valence-electron chi connectivity index (χ2n) is 9.72. The summed E-state index contributed by atoms with van der Waals surface area (Å²) in [6.07, 6.45) is 4.90. The van der Waals surface area contributed by atoms with Crippen molar-refractivity contribution in [2.45, 2.75) is 44.6 Å². The van der Waals surface area contributed by atoms with E-state index in [9.17, 15) is 22.0 Å². The van der Waals surface area contributed by atoms with Crippen molar-refractivity contribution in [3.8, 4) is 0 Å². The predicted molar refractivity (Wildman–Crippen MR) is 137 cm³/mol. The summed E-state index contributed by atoms with van der Waals surface area (Å²) in [4.78, 5) is 21.6. The van der Waals surface area contributed by atoms with Crippen LogP contribution in [-0.4, -0.2) is 65.6 Å². The van der Waals surface area contributed by atoms with Crippen molar-refractivity contribution in [1.29, 1.82) is 0 Å². The SMILES string of the molecule is Cc1cn2nc([C@@H]3CCCCN3C(=O)c3cc(Cl)ccc3NS(C)(=O)=O)cc2nc1N1CCC(F)(F)C1. The topological polar surface area (TPSA) is 99.9 Å². The maximum absolute atomic E-state index is 13.8. The van der Waals surface area contributed by atoms with E-state index in [4.69, 9.17) is 11.6 Å². The van der Waals surface area contributed by atoms with Crippen molar-refractivity contribution in [3.63, 3.8) is 0 Å². The van der Waals surface area contributed by atoms with Crippen LogP contribution in [-0.2, 0) is 10.0 Å². The molecule has 1 amide bonds. The molecule has 0 aliphatic carbocycles. The number of piperidine rings is 1. The summed E-state index contributed by atoms with van der Waals surface area (Å²) in [6.45, 7) is 2.13. The number of rotatable bonds is 5. The Morgan fingerprint density at radius 3 is 2.70 bits per heavy atom. The lowest BCUT2D eigenvalue weighted by molar-refractivity contribution is 0.0256. The van der Waals surface area contributed by atoms with E-state index in [2.05, 4.69) is 14.8 Å². The number of anilines is 2. The number of halogens is 3. The molecule has 13 heteroatoms. The lowest BCUT2D eigenvalue weighted by atomic mass is 9.98. The molecule has 37 heavy (non-hydrogen) atoms. The van der Waals surface area contributed by atoms with E-state index in [1.165, 1.54) is 18.2 Å². The van der Waals surface area contributed by atoms with Gasteiger partial charge in [0, 0.05) is 42.4 Å². The third-order valence-electron chi connectivity index (χ3n) is 6.71. The second kappa shape index (κ2) is 9.39. The first-order chi connectivity index (χ1) is 17.4. The van der Waals surface area contributed by atoms with Crippen LogP contribution >= 0.6 is 11.6 Å². The Morgan fingerprint density at radius 2 is 2.00 bits per heavy atom. The second-order valence-corrected chi connectivity index (χ2v) is 11.9. The molecule has 2 saturated heterocycles. The number of aryl methyl sites for hydroxylation is 1. The molecule has 4 heterocycles. The maximum atomic E-state index is 13.8. The van der Waals surface area contributed by atoms with Crippen LogP contribution in [0.4, 0.5) is 20.3 Å². The van der Waals surface area contributed by atoms with Crippen molar-refractivity contribution >= 4 is 44.7 Å². The summed E-state index contributed by atoms with van der Waals surface area (Å²) in [5.41, 5.74) is 2.17. The highest BCUT2D eigenvalue weighted by molar-refractivity contribution is 7.92. The first kappa shape index (κ1) is 25.7. The van der Waals surface area contributed by atoms with E-state index in [1.54, 1.807) is 26.6 Å².